The fourth-order valence-electron chi connectivity index (χ4n) is 2.79. The molecule has 0 fully saturated rings. The summed E-state index contributed by atoms with van der Waals surface area (Å²) in [6.45, 7) is 0.789. The zero-order valence-corrected chi connectivity index (χ0v) is 15.8. The van der Waals surface area contributed by atoms with Gasteiger partial charge >= 0.3 is 0 Å². The molecule has 1 aliphatic carbocycles. The summed E-state index contributed by atoms with van der Waals surface area (Å²) in [6, 6.07) is 4.89. The normalized spacial score (nSPS) is 13.8. The Hall–Kier alpha value is -2.11. The molecule has 136 valence electrons. The zero-order valence-electron chi connectivity index (χ0n) is 14.3. The van der Waals surface area contributed by atoms with Gasteiger partial charge in [0.2, 0.25) is 5.95 Å². The van der Waals surface area contributed by atoms with Crippen LogP contribution in [0.15, 0.2) is 42.2 Å². The summed E-state index contributed by atoms with van der Waals surface area (Å²) in [4.78, 5) is 20.7. The van der Waals surface area contributed by atoms with E-state index >= 15 is 0 Å². The Bertz CT molecular complexity index is 806. The molecule has 0 saturated heterocycles. The van der Waals surface area contributed by atoms with Crippen LogP contribution in [0.4, 0.5) is 11.6 Å². The van der Waals surface area contributed by atoms with Gasteiger partial charge in [-0.3, -0.25) is 4.79 Å². The van der Waals surface area contributed by atoms with Crippen LogP contribution in [0.25, 0.3) is 0 Å². The molecule has 0 saturated carbocycles. The Morgan fingerprint density at radius 1 is 1.15 bits per heavy atom. The van der Waals surface area contributed by atoms with Gasteiger partial charge in [-0.15, -0.1) is 0 Å². The highest BCUT2D eigenvalue weighted by molar-refractivity contribution is 6.36. The van der Waals surface area contributed by atoms with Crippen molar-refractivity contribution in [1.82, 2.24) is 9.97 Å². The number of allylic oxidation sites excluding steroid dienone is 1. The molecule has 0 spiro atoms. The highest BCUT2D eigenvalue weighted by Gasteiger charge is 2.10. The molecule has 1 aromatic heterocycles. The summed E-state index contributed by atoms with van der Waals surface area (Å²) < 4.78 is 0. The largest absolute Gasteiger partial charge is 0.354 e. The maximum atomic E-state index is 12.3. The number of carbonyl (C=O) groups excluding carboxylic acids is 1. The molecule has 3 rings (SSSR count). The second-order valence-electron chi connectivity index (χ2n) is 6.16. The van der Waals surface area contributed by atoms with Gasteiger partial charge in [0, 0.05) is 24.0 Å². The molecule has 2 aromatic rings. The van der Waals surface area contributed by atoms with E-state index in [0.717, 1.165) is 13.0 Å². The van der Waals surface area contributed by atoms with Crippen LogP contribution < -0.4 is 10.6 Å². The van der Waals surface area contributed by atoms with Gasteiger partial charge in [0.15, 0.2) is 0 Å². The van der Waals surface area contributed by atoms with E-state index in [0.29, 0.717) is 27.2 Å². The maximum absolute atomic E-state index is 12.3. The number of hydrogen-bond donors (Lipinski definition) is 2. The molecule has 1 aliphatic rings. The smallest absolute Gasteiger partial charge is 0.258 e. The van der Waals surface area contributed by atoms with Gasteiger partial charge in [-0.2, -0.15) is 0 Å². The molecule has 1 heterocycles. The molecular weight excluding hydrogens is 371 g/mol. The van der Waals surface area contributed by atoms with E-state index < -0.39 is 0 Å². The molecule has 26 heavy (non-hydrogen) atoms. The molecule has 2 N–H and O–H groups in total. The van der Waals surface area contributed by atoms with Crippen molar-refractivity contribution >= 4 is 40.7 Å². The van der Waals surface area contributed by atoms with Gasteiger partial charge in [0.25, 0.3) is 5.91 Å². The van der Waals surface area contributed by atoms with E-state index in [9.17, 15) is 4.79 Å². The molecule has 0 radical (unpaired) electrons. The minimum Gasteiger partial charge on any atom is -0.354 e. The Labute approximate surface area is 162 Å². The third-order valence-electron chi connectivity index (χ3n) is 4.21. The lowest BCUT2D eigenvalue weighted by molar-refractivity contribution is 0.102. The molecule has 7 heteroatoms. The second-order valence-corrected chi connectivity index (χ2v) is 7.00. The standard InChI is InChI=1S/C19H20Cl2N4O/c20-15-6-7-17(16(21)10-15)25-18(26)14-11-23-19(24-12-14)22-9-8-13-4-2-1-3-5-13/h4,6-7,10-12H,1-3,5,8-9H2,(H,25,26)(H,22,23,24). The van der Waals surface area contributed by atoms with Crippen molar-refractivity contribution in [1.29, 1.82) is 0 Å². The number of hydrogen-bond acceptors (Lipinski definition) is 4. The van der Waals surface area contributed by atoms with E-state index in [1.807, 2.05) is 0 Å². The number of anilines is 2. The van der Waals surface area contributed by atoms with Gasteiger partial charge in [0.1, 0.15) is 0 Å². The lowest BCUT2D eigenvalue weighted by Crippen LogP contribution is -2.14. The first-order valence-corrected chi connectivity index (χ1v) is 9.37. The summed E-state index contributed by atoms with van der Waals surface area (Å²) in [5.74, 6) is 0.190. The quantitative estimate of drug-likeness (QED) is 0.653. The van der Waals surface area contributed by atoms with Gasteiger partial charge in [0.05, 0.1) is 16.3 Å². The highest BCUT2D eigenvalue weighted by atomic mass is 35.5. The van der Waals surface area contributed by atoms with Crippen LogP contribution in [-0.4, -0.2) is 22.4 Å². The number of aromatic nitrogens is 2. The van der Waals surface area contributed by atoms with Gasteiger partial charge < -0.3 is 10.6 Å². The van der Waals surface area contributed by atoms with Crippen molar-refractivity contribution in [2.45, 2.75) is 32.1 Å². The monoisotopic (exact) mass is 390 g/mol. The Morgan fingerprint density at radius 2 is 1.96 bits per heavy atom. The van der Waals surface area contributed by atoms with Crippen molar-refractivity contribution < 1.29 is 4.79 Å². The van der Waals surface area contributed by atoms with Crippen molar-refractivity contribution in [2.24, 2.45) is 0 Å². The number of benzene rings is 1. The van der Waals surface area contributed by atoms with Crippen molar-refractivity contribution in [3.05, 3.63) is 57.9 Å². The minimum absolute atomic E-state index is 0.326. The lowest BCUT2D eigenvalue weighted by Gasteiger charge is -2.13. The number of halogens is 2. The van der Waals surface area contributed by atoms with Crippen LogP contribution in [0.1, 0.15) is 42.5 Å². The number of nitrogens with zero attached hydrogens (tertiary/aromatic N) is 2. The fourth-order valence-corrected chi connectivity index (χ4v) is 3.24. The minimum atomic E-state index is -0.326. The first-order valence-electron chi connectivity index (χ1n) is 8.62. The summed E-state index contributed by atoms with van der Waals surface area (Å²) >= 11 is 11.9. The molecule has 0 atom stereocenters. The number of rotatable bonds is 6. The average Bonchev–Trinajstić information content (AvgIpc) is 2.65. The Balaban J connectivity index is 1.53. The third-order valence-corrected chi connectivity index (χ3v) is 4.76. The second kappa shape index (κ2) is 9.01. The first-order chi connectivity index (χ1) is 12.6. The van der Waals surface area contributed by atoms with E-state index in [2.05, 4.69) is 26.7 Å². The molecule has 1 amide bonds. The predicted octanol–water partition coefficient (Wildman–Crippen LogP) is 5.34. The summed E-state index contributed by atoms with van der Waals surface area (Å²) in [5, 5.41) is 6.80. The molecule has 0 aliphatic heterocycles. The maximum Gasteiger partial charge on any atom is 0.258 e. The molecule has 5 nitrogen and oxygen atoms in total. The zero-order chi connectivity index (χ0) is 18.4. The van der Waals surface area contributed by atoms with Crippen molar-refractivity contribution in [3.8, 4) is 0 Å². The van der Waals surface area contributed by atoms with E-state index in [1.165, 1.54) is 43.7 Å². The topological polar surface area (TPSA) is 66.9 Å². The van der Waals surface area contributed by atoms with Gasteiger partial charge in [-0.05, 0) is 50.3 Å². The number of amides is 1. The van der Waals surface area contributed by atoms with Crippen molar-refractivity contribution in [2.75, 3.05) is 17.2 Å². The Morgan fingerprint density at radius 3 is 2.65 bits per heavy atom. The summed E-state index contributed by atoms with van der Waals surface area (Å²) in [7, 11) is 0. The highest BCUT2D eigenvalue weighted by Crippen LogP contribution is 2.25. The molecule has 1 aromatic carbocycles. The van der Waals surface area contributed by atoms with E-state index in [4.69, 9.17) is 23.2 Å². The molecule has 0 bridgehead atoms. The predicted molar refractivity (Wildman–Crippen MR) is 106 cm³/mol. The van der Waals surface area contributed by atoms with Crippen LogP contribution in [0, 0.1) is 0 Å². The van der Waals surface area contributed by atoms with Crippen LogP contribution >= 0.6 is 23.2 Å². The fraction of sp³-hybridized carbons (Fsp3) is 0.316. The van der Waals surface area contributed by atoms with Crippen LogP contribution in [0.2, 0.25) is 10.0 Å². The molecular formula is C19H20Cl2N4O. The van der Waals surface area contributed by atoms with Crippen LogP contribution in [-0.2, 0) is 0 Å². The van der Waals surface area contributed by atoms with Gasteiger partial charge in [-0.1, -0.05) is 34.9 Å². The first kappa shape index (κ1) is 18.7. The van der Waals surface area contributed by atoms with Crippen molar-refractivity contribution in [3.63, 3.8) is 0 Å². The molecule has 0 unspecified atom stereocenters. The summed E-state index contributed by atoms with van der Waals surface area (Å²) in [5.41, 5.74) is 2.35. The van der Waals surface area contributed by atoms with E-state index in [1.54, 1.807) is 18.2 Å². The van der Waals surface area contributed by atoms with Crippen LogP contribution in [0.3, 0.4) is 0 Å². The average molecular weight is 391 g/mol. The van der Waals surface area contributed by atoms with Crippen LogP contribution in [0.5, 0.6) is 0 Å². The Kier molecular flexibility index (Phi) is 6.47. The number of nitrogens with one attached hydrogen (secondary N) is 2. The van der Waals surface area contributed by atoms with E-state index in [-0.39, 0.29) is 5.91 Å². The summed E-state index contributed by atoms with van der Waals surface area (Å²) in [6.07, 6.45) is 11.3. The van der Waals surface area contributed by atoms with Gasteiger partial charge in [-0.25, -0.2) is 9.97 Å². The number of carbonyl (C=O) groups is 1. The lowest BCUT2D eigenvalue weighted by atomic mass is 9.97. The SMILES string of the molecule is O=C(Nc1ccc(Cl)cc1Cl)c1cnc(NCCC2=CCCCC2)nc1. The third kappa shape index (κ3) is 5.19.